The number of piperidine rings is 1. The van der Waals surface area contributed by atoms with Crippen molar-refractivity contribution in [1.82, 2.24) is 5.32 Å². The summed E-state index contributed by atoms with van der Waals surface area (Å²) in [7, 11) is 0. The van der Waals surface area contributed by atoms with Crippen LogP contribution in [-0.2, 0) is 42.2 Å². The molecule has 3 N–H and O–H groups in total. The van der Waals surface area contributed by atoms with Gasteiger partial charge in [0.05, 0.1) is 6.54 Å². The molecule has 1 aromatic rings. The number of hydrogen-bond donors (Lipinski definition) is 2. The Morgan fingerprint density at radius 1 is 1.42 bits per heavy atom. The Hall–Kier alpha value is -0.976. The van der Waals surface area contributed by atoms with Crippen molar-refractivity contribution in [3.8, 4) is 0 Å². The van der Waals surface area contributed by atoms with Crippen molar-refractivity contribution in [2.24, 2.45) is 5.73 Å². The van der Waals surface area contributed by atoms with E-state index in [2.05, 4.69) is 11.4 Å². The van der Waals surface area contributed by atoms with Gasteiger partial charge in [-0.3, -0.25) is 4.79 Å². The fraction of sp³-hybridized carbons (Fsp3) is 0.529. The van der Waals surface area contributed by atoms with Gasteiger partial charge < -0.3 is 20.7 Å². The summed E-state index contributed by atoms with van der Waals surface area (Å²) in [4.78, 5) is 25.0. The number of cyclic esters (lactones) is 1. The van der Waals surface area contributed by atoms with Gasteiger partial charge >= 0.3 is 38.8 Å². The van der Waals surface area contributed by atoms with E-state index in [9.17, 15) is 9.59 Å². The summed E-state index contributed by atoms with van der Waals surface area (Å²) < 4.78 is 5.23. The molecule has 0 saturated carbocycles. The molecule has 3 rings (SSSR count). The van der Waals surface area contributed by atoms with E-state index in [0.29, 0.717) is 26.1 Å². The second-order valence-corrected chi connectivity index (χ2v) is 6.27. The molecule has 2 fully saturated rings. The van der Waals surface area contributed by atoms with Crippen LogP contribution in [0.25, 0.3) is 0 Å². The van der Waals surface area contributed by atoms with Crippen LogP contribution in [0, 0.1) is 19.9 Å². The van der Waals surface area contributed by atoms with Gasteiger partial charge in [-0.05, 0) is 12.3 Å². The zero-order valence-electron chi connectivity index (χ0n) is 14.1. The molecule has 0 radical (unpaired) electrons. The minimum atomic E-state index is -0.353. The maximum atomic E-state index is 12.0. The normalized spacial score (nSPS) is 23.5. The van der Waals surface area contributed by atoms with Gasteiger partial charge in [0, 0.05) is 19.5 Å². The van der Waals surface area contributed by atoms with Gasteiger partial charge in [-0.2, -0.15) is 17.2 Å². The molecule has 2 heterocycles. The Morgan fingerprint density at radius 3 is 2.75 bits per heavy atom. The molecule has 2 saturated heterocycles. The number of ether oxygens (including phenoxy) is 1. The Morgan fingerprint density at radius 2 is 2.17 bits per heavy atom. The third-order valence-corrected chi connectivity index (χ3v) is 4.59. The van der Waals surface area contributed by atoms with Crippen LogP contribution in [0.15, 0.2) is 6.07 Å². The quantitative estimate of drug-likeness (QED) is 0.745. The number of nitrogens with one attached hydrogen (secondary N) is 1. The van der Waals surface area contributed by atoms with Crippen LogP contribution in [0.3, 0.4) is 0 Å². The van der Waals surface area contributed by atoms with E-state index in [1.54, 1.807) is 4.90 Å². The Labute approximate surface area is 167 Å². The average molecular weight is 405 g/mol. The molecule has 1 aromatic carbocycles. The van der Waals surface area contributed by atoms with Crippen molar-refractivity contribution in [3.63, 3.8) is 0 Å². The van der Waals surface area contributed by atoms with Gasteiger partial charge in [0.25, 0.3) is 0 Å². The van der Waals surface area contributed by atoms with Gasteiger partial charge in [0.15, 0.2) is 0 Å². The first-order chi connectivity index (χ1) is 11.0. The summed E-state index contributed by atoms with van der Waals surface area (Å²) in [5.41, 5.74) is 9.53. The van der Waals surface area contributed by atoms with Crippen LogP contribution in [0.5, 0.6) is 0 Å². The number of anilines is 1. The summed E-state index contributed by atoms with van der Waals surface area (Å²) in [6.07, 6.45) is 0.780. The molecule has 0 aromatic heterocycles. The third kappa shape index (κ3) is 3.81. The van der Waals surface area contributed by atoms with E-state index in [-0.39, 0.29) is 56.7 Å². The van der Waals surface area contributed by atoms with Gasteiger partial charge in [0.1, 0.15) is 6.10 Å². The first-order valence-electron chi connectivity index (χ1n) is 7.98. The molecular weight excluding hydrogens is 383 g/mol. The number of carbonyl (C=O) groups excluding carboxylic acids is 2. The molecule has 0 aliphatic carbocycles. The van der Waals surface area contributed by atoms with Gasteiger partial charge in [-0.25, -0.2) is 4.79 Å². The predicted molar refractivity (Wildman–Crippen MR) is 86.4 cm³/mol. The number of rotatable bonds is 3. The maximum absolute atomic E-state index is 12.0. The zero-order valence-corrected chi connectivity index (χ0v) is 16.9. The minimum Gasteiger partial charge on any atom is -0.443 e. The van der Waals surface area contributed by atoms with Crippen molar-refractivity contribution in [1.29, 1.82) is 0 Å². The molecule has 2 amide bonds. The fourth-order valence-electron chi connectivity index (χ4n) is 3.28. The summed E-state index contributed by atoms with van der Waals surface area (Å²) in [6.45, 7) is 5.41. The van der Waals surface area contributed by atoms with Gasteiger partial charge in [-0.1, -0.05) is 19.5 Å². The number of benzene rings is 1. The maximum Gasteiger partial charge on any atom is 3.00 e. The first-order valence-corrected chi connectivity index (χ1v) is 7.98. The SMILES string of the molecule is Cc1[c-]c(C2CCC(=O)NC2)c(C)cc1N1CC(CN)OC1=O.[Y+3]. The molecule has 24 heavy (non-hydrogen) atoms. The number of amides is 2. The van der Waals surface area contributed by atoms with Crippen molar-refractivity contribution >= 4 is 17.7 Å². The van der Waals surface area contributed by atoms with E-state index < -0.39 is 0 Å². The Balaban J connectivity index is 0.00000208. The average Bonchev–Trinajstić information content (AvgIpc) is 2.91. The second kappa shape index (κ2) is 7.94. The summed E-state index contributed by atoms with van der Waals surface area (Å²) in [5.74, 6) is 0.391. The molecule has 2 unspecified atom stereocenters. The second-order valence-electron chi connectivity index (χ2n) is 6.27. The van der Waals surface area contributed by atoms with Crippen molar-refractivity contribution in [2.45, 2.75) is 38.7 Å². The van der Waals surface area contributed by atoms with Crippen molar-refractivity contribution in [2.75, 3.05) is 24.5 Å². The van der Waals surface area contributed by atoms with Crippen LogP contribution in [0.2, 0.25) is 0 Å². The Bertz CT molecular complexity index is 640. The van der Waals surface area contributed by atoms with Crippen molar-refractivity contribution in [3.05, 3.63) is 28.8 Å². The number of hydrogen-bond acceptors (Lipinski definition) is 4. The Kier molecular flexibility index (Phi) is 6.40. The molecule has 0 bridgehead atoms. The molecule has 2 aliphatic heterocycles. The van der Waals surface area contributed by atoms with E-state index in [1.165, 1.54) is 0 Å². The smallest absolute Gasteiger partial charge is 0.443 e. The first kappa shape index (κ1) is 19.3. The topological polar surface area (TPSA) is 84.7 Å². The standard InChI is InChI=1S/C17H22N3O3.Y/c1-10-6-15(20-9-13(7-18)23-17(20)22)11(2)5-14(10)12-3-4-16(21)19-8-12;/h6,12-13H,3-4,7-9,18H2,1-2H3,(H,19,21);/q-1;+3. The van der Waals surface area contributed by atoms with Crippen LogP contribution in [-0.4, -0.2) is 37.7 Å². The van der Waals surface area contributed by atoms with Crippen LogP contribution < -0.4 is 16.0 Å². The number of nitrogens with two attached hydrogens (primary N) is 1. The summed E-state index contributed by atoms with van der Waals surface area (Å²) in [5, 5.41) is 2.91. The largest absolute Gasteiger partial charge is 3.00 e. The van der Waals surface area contributed by atoms with E-state index in [4.69, 9.17) is 10.5 Å². The minimum absolute atomic E-state index is 0. The predicted octanol–water partition coefficient (Wildman–Crippen LogP) is 1.38. The molecule has 0 spiro atoms. The van der Waals surface area contributed by atoms with E-state index in [1.807, 2.05) is 19.9 Å². The number of aryl methyl sites for hydroxylation is 2. The van der Waals surface area contributed by atoms with Crippen LogP contribution >= 0.6 is 0 Å². The molecule has 124 valence electrons. The molecule has 2 atom stereocenters. The number of carbonyl (C=O) groups is 2. The number of nitrogens with zero attached hydrogens (tertiary/aromatic N) is 1. The van der Waals surface area contributed by atoms with Gasteiger partial charge in [0.2, 0.25) is 5.91 Å². The third-order valence-electron chi connectivity index (χ3n) is 4.59. The zero-order chi connectivity index (χ0) is 16.6. The monoisotopic (exact) mass is 405 g/mol. The molecule has 6 nitrogen and oxygen atoms in total. The van der Waals surface area contributed by atoms with E-state index in [0.717, 1.165) is 28.8 Å². The summed E-state index contributed by atoms with van der Waals surface area (Å²) >= 11 is 0. The van der Waals surface area contributed by atoms with Gasteiger partial charge in [-0.15, -0.1) is 11.6 Å². The fourth-order valence-corrected chi connectivity index (χ4v) is 3.28. The summed E-state index contributed by atoms with van der Waals surface area (Å²) in [6, 6.07) is 5.44. The van der Waals surface area contributed by atoms with Crippen LogP contribution in [0.4, 0.5) is 10.5 Å². The van der Waals surface area contributed by atoms with Crippen LogP contribution in [0.1, 0.15) is 35.4 Å². The molecule has 7 heteroatoms. The van der Waals surface area contributed by atoms with Crippen molar-refractivity contribution < 1.29 is 47.0 Å². The molecular formula is C17H22N3O3Y+2. The molecule has 2 aliphatic rings. The van der Waals surface area contributed by atoms with E-state index >= 15 is 0 Å².